The summed E-state index contributed by atoms with van der Waals surface area (Å²) in [5.74, 6) is 1.73. The molecule has 0 aliphatic carbocycles. The first-order chi connectivity index (χ1) is 13.1. The molecule has 1 saturated heterocycles. The van der Waals surface area contributed by atoms with E-state index >= 15 is 0 Å². The minimum atomic E-state index is -0.313. The van der Waals surface area contributed by atoms with Crippen LogP contribution in [0.4, 0.5) is 4.39 Å². The van der Waals surface area contributed by atoms with Gasteiger partial charge in [0.1, 0.15) is 17.4 Å². The molecular formula is C21H23FN4O. The number of aryl methyl sites for hydroxylation is 1. The fraction of sp³-hybridized carbons (Fsp3) is 0.333. The van der Waals surface area contributed by atoms with Gasteiger partial charge in [-0.3, -0.25) is 9.88 Å². The van der Waals surface area contributed by atoms with Gasteiger partial charge in [-0.25, -0.2) is 9.37 Å². The van der Waals surface area contributed by atoms with E-state index in [2.05, 4.69) is 31.6 Å². The van der Waals surface area contributed by atoms with Crippen molar-refractivity contribution in [1.29, 1.82) is 0 Å². The largest absolute Gasteiger partial charge is 0.496 e. The van der Waals surface area contributed by atoms with Crippen molar-refractivity contribution in [3.8, 4) is 17.0 Å². The van der Waals surface area contributed by atoms with Crippen LogP contribution in [0.3, 0.4) is 0 Å². The van der Waals surface area contributed by atoms with Gasteiger partial charge in [0.25, 0.3) is 0 Å². The van der Waals surface area contributed by atoms with E-state index in [1.54, 1.807) is 13.2 Å². The molecule has 4 rings (SSSR count). The van der Waals surface area contributed by atoms with Gasteiger partial charge in [0.15, 0.2) is 0 Å². The highest BCUT2D eigenvalue weighted by Crippen LogP contribution is 2.33. The maximum atomic E-state index is 13.5. The predicted octanol–water partition coefficient (Wildman–Crippen LogP) is 3.62. The molecule has 0 saturated carbocycles. The minimum absolute atomic E-state index is 0.313. The van der Waals surface area contributed by atoms with Crippen LogP contribution in [0.15, 0.2) is 48.9 Å². The van der Waals surface area contributed by atoms with E-state index in [0.717, 1.165) is 43.1 Å². The van der Waals surface area contributed by atoms with Crippen molar-refractivity contribution < 1.29 is 9.13 Å². The summed E-state index contributed by atoms with van der Waals surface area (Å²) in [4.78, 5) is 11.3. The Morgan fingerprint density at radius 1 is 1.19 bits per heavy atom. The molecule has 0 amide bonds. The zero-order chi connectivity index (χ0) is 18.8. The fourth-order valence-corrected chi connectivity index (χ4v) is 3.72. The number of pyridine rings is 1. The Morgan fingerprint density at radius 3 is 2.85 bits per heavy atom. The van der Waals surface area contributed by atoms with E-state index in [-0.39, 0.29) is 5.82 Å². The molecule has 27 heavy (non-hydrogen) atoms. The first-order valence-corrected chi connectivity index (χ1v) is 9.12. The van der Waals surface area contributed by atoms with Crippen molar-refractivity contribution in [3.63, 3.8) is 0 Å². The highest BCUT2D eigenvalue weighted by atomic mass is 19.1. The van der Waals surface area contributed by atoms with E-state index in [1.165, 1.54) is 17.7 Å². The smallest absolute Gasteiger partial charge is 0.131 e. The lowest BCUT2D eigenvalue weighted by Crippen LogP contribution is -2.21. The molecule has 0 N–H and O–H groups in total. The Bertz CT molecular complexity index is 939. The van der Waals surface area contributed by atoms with Gasteiger partial charge in [-0.1, -0.05) is 0 Å². The fourth-order valence-electron chi connectivity index (χ4n) is 3.72. The molecule has 1 aromatic carbocycles. The summed E-state index contributed by atoms with van der Waals surface area (Å²) in [5, 5.41) is 0. The number of likely N-dealkylation sites (tertiary alicyclic amines) is 1. The molecule has 0 bridgehead atoms. The van der Waals surface area contributed by atoms with Crippen molar-refractivity contribution in [2.75, 3.05) is 20.2 Å². The molecule has 1 aliphatic rings. The van der Waals surface area contributed by atoms with Gasteiger partial charge in [-0.05, 0) is 48.7 Å². The average molecular weight is 366 g/mol. The minimum Gasteiger partial charge on any atom is -0.496 e. The normalized spacial score (nSPS) is 17.4. The summed E-state index contributed by atoms with van der Waals surface area (Å²) in [7, 11) is 3.58. The van der Waals surface area contributed by atoms with Crippen LogP contribution in [0, 0.1) is 5.82 Å². The number of halogens is 1. The van der Waals surface area contributed by atoms with Crippen molar-refractivity contribution in [3.05, 3.63) is 66.1 Å². The monoisotopic (exact) mass is 366 g/mol. The molecule has 140 valence electrons. The Morgan fingerprint density at radius 2 is 2.07 bits per heavy atom. The predicted molar refractivity (Wildman–Crippen MR) is 102 cm³/mol. The van der Waals surface area contributed by atoms with E-state index in [9.17, 15) is 4.39 Å². The van der Waals surface area contributed by atoms with Crippen LogP contribution in [-0.2, 0) is 13.6 Å². The van der Waals surface area contributed by atoms with Crippen LogP contribution < -0.4 is 4.74 Å². The summed E-state index contributed by atoms with van der Waals surface area (Å²) in [6.45, 7) is 2.91. The number of aromatic nitrogens is 3. The molecule has 1 fully saturated rings. The van der Waals surface area contributed by atoms with Gasteiger partial charge in [0, 0.05) is 43.8 Å². The maximum absolute atomic E-state index is 13.5. The van der Waals surface area contributed by atoms with Gasteiger partial charge in [0.2, 0.25) is 0 Å². The molecule has 3 heterocycles. The molecule has 3 aromatic rings. The number of hydrogen-bond acceptors (Lipinski definition) is 4. The van der Waals surface area contributed by atoms with Crippen LogP contribution in [-0.4, -0.2) is 39.6 Å². The summed E-state index contributed by atoms with van der Waals surface area (Å²) in [6.07, 6.45) is 6.76. The second kappa shape index (κ2) is 7.48. The van der Waals surface area contributed by atoms with Crippen LogP contribution in [0.2, 0.25) is 0 Å². The van der Waals surface area contributed by atoms with E-state index < -0.39 is 0 Å². The number of nitrogens with zero attached hydrogens (tertiary/aromatic N) is 4. The second-order valence-corrected chi connectivity index (χ2v) is 6.99. The van der Waals surface area contributed by atoms with Crippen LogP contribution in [0.1, 0.15) is 23.7 Å². The van der Waals surface area contributed by atoms with Crippen molar-refractivity contribution in [1.82, 2.24) is 19.4 Å². The van der Waals surface area contributed by atoms with Crippen LogP contribution in [0.5, 0.6) is 5.75 Å². The maximum Gasteiger partial charge on any atom is 0.131 e. The number of imidazole rings is 1. The number of methoxy groups -OCH3 is 1. The standard InChI is InChI=1S/C21H23FN4O/c1-25-10-8-24-21(25)14-26-9-6-16(13-26)15-5-7-23-19(11-15)18-4-3-17(22)12-20(18)27-2/h3-5,7-8,10-12,16H,6,9,13-14H2,1-2H3. The van der Waals surface area contributed by atoms with Crippen molar-refractivity contribution in [2.45, 2.75) is 18.9 Å². The number of rotatable bonds is 5. The highest BCUT2D eigenvalue weighted by molar-refractivity contribution is 5.67. The Kier molecular flexibility index (Phi) is 4.90. The summed E-state index contributed by atoms with van der Waals surface area (Å²) < 4.78 is 20.9. The topological polar surface area (TPSA) is 43.2 Å². The number of hydrogen-bond donors (Lipinski definition) is 0. The lowest BCUT2D eigenvalue weighted by Gasteiger charge is -2.16. The zero-order valence-electron chi connectivity index (χ0n) is 15.6. The van der Waals surface area contributed by atoms with E-state index in [4.69, 9.17) is 4.74 Å². The lowest BCUT2D eigenvalue weighted by atomic mass is 9.97. The summed E-state index contributed by atoms with van der Waals surface area (Å²) in [6, 6.07) is 8.74. The second-order valence-electron chi connectivity index (χ2n) is 6.99. The molecule has 0 spiro atoms. The molecule has 0 radical (unpaired) electrons. The Labute approximate surface area is 158 Å². The van der Waals surface area contributed by atoms with Crippen LogP contribution in [0.25, 0.3) is 11.3 Å². The zero-order valence-corrected chi connectivity index (χ0v) is 15.6. The third-order valence-electron chi connectivity index (χ3n) is 5.25. The molecule has 5 nitrogen and oxygen atoms in total. The first kappa shape index (κ1) is 17.7. The van der Waals surface area contributed by atoms with Crippen LogP contribution >= 0.6 is 0 Å². The van der Waals surface area contributed by atoms with Gasteiger partial charge in [-0.15, -0.1) is 0 Å². The van der Waals surface area contributed by atoms with Gasteiger partial charge in [0.05, 0.1) is 19.3 Å². The first-order valence-electron chi connectivity index (χ1n) is 9.12. The van der Waals surface area contributed by atoms with E-state index in [1.807, 2.05) is 25.6 Å². The Hall–Kier alpha value is -2.73. The third kappa shape index (κ3) is 3.71. The molecule has 6 heteroatoms. The number of benzene rings is 1. The average Bonchev–Trinajstić information content (AvgIpc) is 3.31. The van der Waals surface area contributed by atoms with Gasteiger partial charge < -0.3 is 9.30 Å². The molecule has 1 aliphatic heterocycles. The molecular weight excluding hydrogens is 343 g/mol. The SMILES string of the molecule is COc1cc(F)ccc1-c1cc(C2CCN(Cc3nccn3C)C2)ccn1. The highest BCUT2D eigenvalue weighted by Gasteiger charge is 2.25. The summed E-state index contributed by atoms with van der Waals surface area (Å²) in [5.41, 5.74) is 2.88. The number of ether oxygens (including phenoxy) is 1. The molecule has 1 atom stereocenters. The third-order valence-corrected chi connectivity index (χ3v) is 5.25. The quantitative estimate of drug-likeness (QED) is 0.692. The summed E-state index contributed by atoms with van der Waals surface area (Å²) >= 11 is 0. The lowest BCUT2D eigenvalue weighted by molar-refractivity contribution is 0.314. The molecule has 2 aromatic heterocycles. The van der Waals surface area contributed by atoms with Gasteiger partial charge >= 0.3 is 0 Å². The molecule has 1 unspecified atom stereocenters. The van der Waals surface area contributed by atoms with Gasteiger partial charge in [-0.2, -0.15) is 0 Å². The Balaban J connectivity index is 1.52. The van der Waals surface area contributed by atoms with Crippen molar-refractivity contribution in [2.24, 2.45) is 7.05 Å². The van der Waals surface area contributed by atoms with E-state index in [0.29, 0.717) is 11.7 Å². The van der Waals surface area contributed by atoms with Crippen molar-refractivity contribution >= 4 is 0 Å².